The SMILES string of the molecule is C[Si](C)(C)Sc1ccccc1/C=N\c1ccccc1. The molecule has 2 aromatic carbocycles. The van der Waals surface area contributed by atoms with Crippen molar-refractivity contribution in [3.05, 3.63) is 60.2 Å². The molecular formula is C16H19NSSi. The highest BCUT2D eigenvalue weighted by Crippen LogP contribution is 2.31. The molecule has 0 heterocycles. The van der Waals surface area contributed by atoms with E-state index < -0.39 is 7.22 Å². The molecule has 0 bridgehead atoms. The van der Waals surface area contributed by atoms with Gasteiger partial charge in [0.1, 0.15) is 7.22 Å². The second kappa shape index (κ2) is 6.22. The van der Waals surface area contributed by atoms with E-state index in [1.807, 2.05) is 47.8 Å². The smallest absolute Gasteiger partial charge is 0.114 e. The summed E-state index contributed by atoms with van der Waals surface area (Å²) in [4.78, 5) is 5.88. The summed E-state index contributed by atoms with van der Waals surface area (Å²) in [7, 11) is -1.18. The number of hydrogen-bond acceptors (Lipinski definition) is 2. The van der Waals surface area contributed by atoms with Crippen LogP contribution in [0.1, 0.15) is 5.56 Å². The molecule has 0 aliphatic carbocycles. The van der Waals surface area contributed by atoms with E-state index in [1.165, 1.54) is 10.5 Å². The summed E-state index contributed by atoms with van der Waals surface area (Å²) in [6, 6.07) is 18.6. The van der Waals surface area contributed by atoms with Crippen LogP contribution in [0.2, 0.25) is 19.6 Å². The van der Waals surface area contributed by atoms with Crippen molar-refractivity contribution >= 4 is 30.3 Å². The van der Waals surface area contributed by atoms with Crippen LogP contribution in [0, 0.1) is 0 Å². The van der Waals surface area contributed by atoms with E-state index >= 15 is 0 Å². The van der Waals surface area contributed by atoms with Crippen molar-refractivity contribution in [3.63, 3.8) is 0 Å². The normalized spacial score (nSPS) is 11.9. The first kappa shape index (κ1) is 14.1. The Kier molecular flexibility index (Phi) is 4.61. The predicted octanol–water partition coefficient (Wildman–Crippen LogP) is 5.36. The van der Waals surface area contributed by atoms with Gasteiger partial charge in [-0.15, -0.1) is 0 Å². The number of nitrogens with zero attached hydrogens (tertiary/aromatic N) is 1. The molecule has 0 atom stereocenters. The lowest BCUT2D eigenvalue weighted by molar-refractivity contribution is 1.42. The molecule has 0 saturated carbocycles. The van der Waals surface area contributed by atoms with Crippen molar-refractivity contribution in [1.29, 1.82) is 0 Å². The monoisotopic (exact) mass is 285 g/mol. The van der Waals surface area contributed by atoms with Gasteiger partial charge in [0.05, 0.1) is 5.69 Å². The van der Waals surface area contributed by atoms with Gasteiger partial charge >= 0.3 is 0 Å². The molecule has 3 heteroatoms. The number of rotatable bonds is 4. The molecule has 0 unspecified atom stereocenters. The van der Waals surface area contributed by atoms with Crippen LogP contribution in [0.3, 0.4) is 0 Å². The summed E-state index contributed by atoms with van der Waals surface area (Å²) in [5.41, 5.74) is 2.20. The average Bonchev–Trinajstić information content (AvgIpc) is 2.37. The van der Waals surface area contributed by atoms with Crippen molar-refractivity contribution in [2.75, 3.05) is 0 Å². The average molecular weight is 285 g/mol. The summed E-state index contributed by atoms with van der Waals surface area (Å²) in [5.74, 6) is 0. The Morgan fingerprint density at radius 2 is 1.53 bits per heavy atom. The Hall–Kier alpha value is -1.32. The second-order valence-corrected chi connectivity index (χ2v) is 14.5. The summed E-state index contributed by atoms with van der Waals surface area (Å²) in [6.07, 6.45) is 1.97. The molecule has 0 saturated heterocycles. The topological polar surface area (TPSA) is 12.4 Å². The summed E-state index contributed by atoms with van der Waals surface area (Å²) in [6.45, 7) is 7.09. The molecule has 0 aromatic heterocycles. The van der Waals surface area contributed by atoms with Crippen molar-refractivity contribution < 1.29 is 0 Å². The molecule has 0 amide bonds. The van der Waals surface area contributed by atoms with Crippen LogP contribution in [0.4, 0.5) is 5.69 Å². The molecule has 0 spiro atoms. The van der Waals surface area contributed by atoms with Crippen LogP contribution in [0.15, 0.2) is 64.5 Å². The van der Waals surface area contributed by atoms with Crippen molar-refractivity contribution in [1.82, 2.24) is 0 Å². The van der Waals surface area contributed by atoms with Crippen LogP contribution in [0.5, 0.6) is 0 Å². The molecule has 0 fully saturated rings. The van der Waals surface area contributed by atoms with Gasteiger partial charge in [0.2, 0.25) is 0 Å². The molecule has 2 rings (SSSR count). The lowest BCUT2D eigenvalue weighted by Gasteiger charge is -2.16. The van der Waals surface area contributed by atoms with Crippen LogP contribution >= 0.6 is 11.2 Å². The molecule has 0 radical (unpaired) electrons. The van der Waals surface area contributed by atoms with Crippen LogP contribution in [-0.4, -0.2) is 13.4 Å². The maximum absolute atomic E-state index is 4.54. The third-order valence-corrected chi connectivity index (χ3v) is 6.14. The number of aliphatic imine (C=N–C) groups is 1. The fourth-order valence-corrected chi connectivity index (χ4v) is 5.25. The minimum Gasteiger partial charge on any atom is -0.256 e. The fourth-order valence-electron chi connectivity index (χ4n) is 1.67. The molecule has 19 heavy (non-hydrogen) atoms. The van der Waals surface area contributed by atoms with Gasteiger partial charge in [-0.25, -0.2) is 0 Å². The fraction of sp³-hybridized carbons (Fsp3) is 0.188. The zero-order valence-corrected chi connectivity index (χ0v) is 13.4. The van der Waals surface area contributed by atoms with Crippen LogP contribution in [0.25, 0.3) is 0 Å². The molecule has 98 valence electrons. The van der Waals surface area contributed by atoms with Gasteiger partial charge in [0, 0.05) is 16.7 Å². The third kappa shape index (κ3) is 4.69. The molecule has 0 aliphatic heterocycles. The van der Waals surface area contributed by atoms with E-state index in [1.54, 1.807) is 0 Å². The van der Waals surface area contributed by atoms with Gasteiger partial charge in [-0.1, -0.05) is 56.0 Å². The van der Waals surface area contributed by atoms with E-state index in [9.17, 15) is 0 Å². The Bertz CT molecular complexity index is 558. The van der Waals surface area contributed by atoms with Gasteiger partial charge < -0.3 is 0 Å². The molecule has 2 aromatic rings. The van der Waals surface area contributed by atoms with Gasteiger partial charge in [-0.2, -0.15) is 11.2 Å². The highest BCUT2D eigenvalue weighted by molar-refractivity contribution is 8.28. The predicted molar refractivity (Wildman–Crippen MR) is 89.3 cm³/mol. The molecule has 0 aliphatic rings. The Morgan fingerprint density at radius 1 is 0.895 bits per heavy atom. The van der Waals surface area contributed by atoms with Gasteiger partial charge in [0.25, 0.3) is 0 Å². The van der Waals surface area contributed by atoms with E-state index in [0.29, 0.717) is 0 Å². The largest absolute Gasteiger partial charge is 0.256 e. The number of hydrogen-bond donors (Lipinski definition) is 0. The van der Waals surface area contributed by atoms with E-state index in [-0.39, 0.29) is 0 Å². The minimum absolute atomic E-state index is 0.996. The van der Waals surface area contributed by atoms with Gasteiger partial charge in [0.15, 0.2) is 0 Å². The highest BCUT2D eigenvalue weighted by Gasteiger charge is 2.16. The maximum Gasteiger partial charge on any atom is 0.114 e. The molecule has 1 nitrogen and oxygen atoms in total. The van der Waals surface area contributed by atoms with Crippen molar-refractivity contribution in [2.24, 2.45) is 4.99 Å². The minimum atomic E-state index is -1.18. The quantitative estimate of drug-likeness (QED) is 0.544. The summed E-state index contributed by atoms with van der Waals surface area (Å²) in [5, 5.41) is 0. The lowest BCUT2D eigenvalue weighted by Crippen LogP contribution is -2.13. The van der Waals surface area contributed by atoms with Gasteiger partial charge in [-0.3, -0.25) is 4.99 Å². The first-order chi connectivity index (χ1) is 9.04. The molecule has 0 N–H and O–H groups in total. The van der Waals surface area contributed by atoms with Crippen molar-refractivity contribution in [3.8, 4) is 0 Å². The zero-order valence-electron chi connectivity index (χ0n) is 11.6. The summed E-state index contributed by atoms with van der Waals surface area (Å²) >= 11 is 2.01. The first-order valence-corrected chi connectivity index (χ1v) is 11.5. The first-order valence-electron chi connectivity index (χ1n) is 6.42. The van der Waals surface area contributed by atoms with Gasteiger partial charge in [-0.05, 0) is 18.2 Å². The molecular weight excluding hydrogens is 266 g/mol. The summed E-state index contributed by atoms with van der Waals surface area (Å²) < 4.78 is 0. The van der Waals surface area contributed by atoms with E-state index in [4.69, 9.17) is 0 Å². The third-order valence-electron chi connectivity index (χ3n) is 2.44. The van der Waals surface area contributed by atoms with Crippen molar-refractivity contribution in [2.45, 2.75) is 24.5 Å². The van der Waals surface area contributed by atoms with Crippen LogP contribution in [-0.2, 0) is 0 Å². The standard InChI is InChI=1S/C16H19NSSi/c1-19(2,3)18-16-12-8-7-9-14(16)13-17-15-10-5-4-6-11-15/h4-13H,1-3H3/b17-13-. The highest BCUT2D eigenvalue weighted by atomic mass is 32.4. The Morgan fingerprint density at radius 3 is 2.21 bits per heavy atom. The second-order valence-electron chi connectivity index (χ2n) is 5.35. The van der Waals surface area contributed by atoms with E-state index in [0.717, 1.165) is 5.69 Å². The Balaban J connectivity index is 2.23. The number of benzene rings is 2. The number of para-hydroxylation sites is 1. The Labute approximate surface area is 120 Å². The van der Waals surface area contributed by atoms with Crippen LogP contribution < -0.4 is 0 Å². The van der Waals surface area contributed by atoms with E-state index in [2.05, 4.69) is 48.9 Å². The lowest BCUT2D eigenvalue weighted by atomic mass is 10.2. The maximum atomic E-state index is 4.54. The zero-order chi connectivity index (χ0) is 13.7.